The average Bonchev–Trinajstić information content (AvgIpc) is 3.23. The van der Waals surface area contributed by atoms with Crippen LogP contribution in [0, 0.1) is 0 Å². The summed E-state index contributed by atoms with van der Waals surface area (Å²) < 4.78 is 23.3. The third kappa shape index (κ3) is 3.31. The third-order valence-corrected chi connectivity index (χ3v) is 4.96. The number of aromatic carboxylic acids is 1. The number of carboxylic acids is 1. The Bertz CT molecular complexity index is 953. The molecule has 0 atom stereocenters. The second-order valence-corrected chi connectivity index (χ2v) is 6.40. The van der Waals surface area contributed by atoms with Crippen LogP contribution in [0.4, 0.5) is 0 Å². The van der Waals surface area contributed by atoms with E-state index in [0.717, 1.165) is 5.56 Å². The predicted octanol–water partition coefficient (Wildman–Crippen LogP) is 3.32. The molecule has 3 rings (SSSR count). The molecular formula is C18H20N2O6S. The van der Waals surface area contributed by atoms with Crippen LogP contribution in [0.1, 0.15) is 22.8 Å². The molecule has 2 aromatic heterocycles. The maximum absolute atomic E-state index is 11.6. The Labute approximate surface area is 159 Å². The van der Waals surface area contributed by atoms with Crippen LogP contribution in [0.15, 0.2) is 17.5 Å². The first-order valence-electron chi connectivity index (χ1n) is 8.16. The lowest BCUT2D eigenvalue weighted by atomic mass is 10.1. The molecule has 8 nitrogen and oxygen atoms in total. The standard InChI is InChI=1S/C18H20N2O6S/c1-5-26-8-10-6-12(23-2)14(13(7-10)24-3)11-9-27-17-15(18(21)22)16(25-4)19-20(11)17/h6-7,9H,5,8H2,1-4H3,(H,21,22). The average molecular weight is 392 g/mol. The molecule has 9 heteroatoms. The SMILES string of the molecule is CCOCc1cc(OC)c(-c2csc3c(C(=O)O)c(OC)nn23)c(OC)c1. The molecule has 0 saturated carbocycles. The summed E-state index contributed by atoms with van der Waals surface area (Å²) in [7, 11) is 4.53. The Hall–Kier alpha value is -2.78. The van der Waals surface area contributed by atoms with Gasteiger partial charge in [0.2, 0.25) is 5.88 Å². The summed E-state index contributed by atoms with van der Waals surface area (Å²) in [5.74, 6) is 0.118. The lowest BCUT2D eigenvalue weighted by Gasteiger charge is -2.15. The van der Waals surface area contributed by atoms with Gasteiger partial charge in [-0.2, -0.15) is 0 Å². The van der Waals surface area contributed by atoms with Crippen LogP contribution >= 0.6 is 11.3 Å². The highest BCUT2D eigenvalue weighted by Crippen LogP contribution is 2.42. The molecule has 0 bridgehead atoms. The van der Waals surface area contributed by atoms with Crippen molar-refractivity contribution in [1.82, 2.24) is 9.61 Å². The number of rotatable bonds is 8. The van der Waals surface area contributed by atoms with E-state index in [2.05, 4.69) is 5.10 Å². The van der Waals surface area contributed by atoms with Gasteiger partial charge in [-0.3, -0.25) is 0 Å². The molecule has 144 valence electrons. The Morgan fingerprint density at radius 3 is 2.37 bits per heavy atom. The normalized spacial score (nSPS) is 11.0. The Morgan fingerprint density at radius 2 is 1.85 bits per heavy atom. The monoisotopic (exact) mass is 392 g/mol. The van der Waals surface area contributed by atoms with Crippen LogP contribution in [0.25, 0.3) is 16.1 Å². The molecule has 1 aromatic carbocycles. The van der Waals surface area contributed by atoms with Crippen LogP contribution in [-0.4, -0.2) is 48.6 Å². The number of ether oxygens (including phenoxy) is 4. The zero-order valence-electron chi connectivity index (χ0n) is 15.4. The zero-order valence-corrected chi connectivity index (χ0v) is 16.3. The zero-order chi connectivity index (χ0) is 19.6. The summed E-state index contributed by atoms with van der Waals surface area (Å²) >= 11 is 1.26. The van der Waals surface area contributed by atoms with Gasteiger partial charge >= 0.3 is 5.97 Å². The number of nitrogens with zero attached hydrogens (tertiary/aromatic N) is 2. The van der Waals surface area contributed by atoms with Crippen LogP contribution in [-0.2, 0) is 11.3 Å². The summed E-state index contributed by atoms with van der Waals surface area (Å²) in [5, 5.41) is 15.6. The first kappa shape index (κ1) is 19.0. The van der Waals surface area contributed by atoms with E-state index in [1.165, 1.54) is 23.0 Å². The molecule has 0 radical (unpaired) electrons. The second kappa shape index (κ2) is 7.85. The van der Waals surface area contributed by atoms with Gasteiger partial charge in [0.15, 0.2) is 5.56 Å². The van der Waals surface area contributed by atoms with E-state index in [4.69, 9.17) is 18.9 Å². The van der Waals surface area contributed by atoms with Crippen molar-refractivity contribution < 1.29 is 28.8 Å². The molecule has 0 amide bonds. The van der Waals surface area contributed by atoms with Crippen molar-refractivity contribution in [3.05, 3.63) is 28.6 Å². The molecule has 0 spiro atoms. The van der Waals surface area contributed by atoms with E-state index in [0.29, 0.717) is 40.8 Å². The summed E-state index contributed by atoms with van der Waals surface area (Å²) in [4.78, 5) is 12.1. The molecule has 1 N–H and O–H groups in total. The fourth-order valence-corrected chi connectivity index (χ4v) is 3.80. The smallest absolute Gasteiger partial charge is 0.344 e. The molecule has 3 aromatic rings. The number of aromatic nitrogens is 2. The van der Waals surface area contributed by atoms with Gasteiger partial charge in [-0.15, -0.1) is 16.4 Å². The first-order valence-corrected chi connectivity index (χ1v) is 9.04. The number of carboxylic acid groups (broad SMARTS) is 1. The number of thiazole rings is 1. The van der Waals surface area contributed by atoms with E-state index in [9.17, 15) is 9.90 Å². The Morgan fingerprint density at radius 1 is 1.19 bits per heavy atom. The van der Waals surface area contributed by atoms with Gasteiger partial charge in [-0.25, -0.2) is 9.31 Å². The maximum atomic E-state index is 11.6. The highest BCUT2D eigenvalue weighted by Gasteiger charge is 2.26. The summed E-state index contributed by atoms with van der Waals surface area (Å²) in [6.07, 6.45) is 0. The topological polar surface area (TPSA) is 91.5 Å². The van der Waals surface area contributed by atoms with Gasteiger partial charge in [0.1, 0.15) is 16.3 Å². The number of benzene rings is 1. The Kier molecular flexibility index (Phi) is 5.52. The van der Waals surface area contributed by atoms with Crippen molar-refractivity contribution in [3.63, 3.8) is 0 Å². The van der Waals surface area contributed by atoms with Crippen molar-refractivity contribution in [2.45, 2.75) is 13.5 Å². The maximum Gasteiger partial charge on any atom is 0.344 e. The predicted molar refractivity (Wildman–Crippen MR) is 100 cm³/mol. The molecular weight excluding hydrogens is 372 g/mol. The van der Waals surface area contributed by atoms with Crippen molar-refractivity contribution in [2.24, 2.45) is 0 Å². The van der Waals surface area contributed by atoms with E-state index in [-0.39, 0.29) is 11.4 Å². The van der Waals surface area contributed by atoms with Crippen LogP contribution in [0.2, 0.25) is 0 Å². The van der Waals surface area contributed by atoms with Gasteiger partial charge in [0, 0.05) is 12.0 Å². The van der Waals surface area contributed by atoms with Crippen molar-refractivity contribution >= 4 is 22.1 Å². The van der Waals surface area contributed by atoms with Crippen LogP contribution < -0.4 is 14.2 Å². The Balaban J connectivity index is 2.22. The van der Waals surface area contributed by atoms with Crippen LogP contribution in [0.5, 0.6) is 17.4 Å². The summed E-state index contributed by atoms with van der Waals surface area (Å²) in [5.41, 5.74) is 2.26. The number of fused-ring (bicyclic) bond motifs is 1. The highest BCUT2D eigenvalue weighted by molar-refractivity contribution is 7.16. The van der Waals surface area contributed by atoms with Gasteiger partial charge in [0.05, 0.1) is 39.2 Å². The minimum Gasteiger partial charge on any atom is -0.496 e. The number of hydrogen-bond donors (Lipinski definition) is 1. The molecule has 0 unspecified atom stereocenters. The molecule has 0 aliphatic carbocycles. The fourth-order valence-electron chi connectivity index (χ4n) is 2.83. The quantitative estimate of drug-likeness (QED) is 0.629. The second-order valence-electron chi connectivity index (χ2n) is 5.54. The molecule has 0 aliphatic heterocycles. The van der Waals surface area contributed by atoms with Gasteiger partial charge in [-0.05, 0) is 24.6 Å². The van der Waals surface area contributed by atoms with Crippen molar-refractivity contribution in [2.75, 3.05) is 27.9 Å². The first-order chi connectivity index (χ1) is 13.0. The van der Waals surface area contributed by atoms with E-state index in [1.807, 2.05) is 24.4 Å². The lowest BCUT2D eigenvalue weighted by molar-refractivity contribution is 0.0695. The van der Waals surface area contributed by atoms with Crippen molar-refractivity contribution in [3.8, 4) is 28.6 Å². The molecule has 0 aliphatic rings. The molecule has 0 saturated heterocycles. The highest BCUT2D eigenvalue weighted by atomic mass is 32.1. The number of carbonyl (C=O) groups is 1. The minimum absolute atomic E-state index is 0.0275. The lowest BCUT2D eigenvalue weighted by Crippen LogP contribution is -2.00. The molecule has 0 fully saturated rings. The van der Waals surface area contributed by atoms with E-state index >= 15 is 0 Å². The minimum atomic E-state index is -1.10. The largest absolute Gasteiger partial charge is 0.496 e. The van der Waals surface area contributed by atoms with E-state index in [1.54, 1.807) is 14.2 Å². The fraction of sp³-hybridized carbons (Fsp3) is 0.333. The molecule has 27 heavy (non-hydrogen) atoms. The van der Waals surface area contributed by atoms with Gasteiger partial charge in [0.25, 0.3) is 0 Å². The van der Waals surface area contributed by atoms with Crippen LogP contribution in [0.3, 0.4) is 0 Å². The number of methoxy groups -OCH3 is 3. The van der Waals surface area contributed by atoms with Crippen molar-refractivity contribution in [1.29, 1.82) is 0 Å². The third-order valence-electron chi connectivity index (χ3n) is 4.02. The van der Waals surface area contributed by atoms with E-state index < -0.39 is 5.97 Å². The summed E-state index contributed by atoms with van der Waals surface area (Å²) in [6, 6.07) is 3.74. The summed E-state index contributed by atoms with van der Waals surface area (Å²) in [6.45, 7) is 2.96. The number of hydrogen-bond acceptors (Lipinski definition) is 7. The molecule has 2 heterocycles. The van der Waals surface area contributed by atoms with Gasteiger partial charge in [-0.1, -0.05) is 0 Å². The van der Waals surface area contributed by atoms with Gasteiger partial charge < -0.3 is 24.1 Å².